The minimum Gasteiger partial charge on any atom is -0.481 e. The number of carboxylic acids is 1. The minimum absolute atomic E-state index is 0.0222. The Bertz CT molecular complexity index is 341. The van der Waals surface area contributed by atoms with E-state index in [0.717, 1.165) is 0 Å². The average Bonchev–Trinajstić information content (AvgIpc) is 2.75. The zero-order chi connectivity index (χ0) is 13.8. The lowest BCUT2D eigenvalue weighted by Gasteiger charge is -2.28. The lowest BCUT2D eigenvalue weighted by Crippen LogP contribution is -2.42. The monoisotopic (exact) mass is 254 g/mol. The summed E-state index contributed by atoms with van der Waals surface area (Å²) in [6, 6.07) is 0. The molecule has 1 saturated heterocycles. The van der Waals surface area contributed by atoms with Crippen LogP contribution in [0.25, 0.3) is 0 Å². The van der Waals surface area contributed by atoms with Crippen molar-refractivity contribution in [2.24, 2.45) is 11.3 Å². The van der Waals surface area contributed by atoms with E-state index in [9.17, 15) is 14.7 Å². The minimum atomic E-state index is -0.799. The highest BCUT2D eigenvalue weighted by molar-refractivity contribution is 5.82. The molecule has 1 atom stereocenters. The van der Waals surface area contributed by atoms with E-state index in [1.165, 1.54) is 0 Å². The van der Waals surface area contributed by atoms with Crippen molar-refractivity contribution in [3.05, 3.63) is 12.7 Å². The second-order valence-electron chi connectivity index (χ2n) is 5.10. The summed E-state index contributed by atoms with van der Waals surface area (Å²) in [5.74, 6) is -0.818. The lowest BCUT2D eigenvalue weighted by molar-refractivity contribution is -0.151. The molecule has 1 heterocycles. The van der Waals surface area contributed by atoms with Crippen molar-refractivity contribution < 1.29 is 14.7 Å². The van der Waals surface area contributed by atoms with E-state index in [0.29, 0.717) is 26.1 Å². The number of carbonyl (C=O) groups excluding carboxylic acids is 1. The maximum Gasteiger partial charge on any atom is 0.311 e. The summed E-state index contributed by atoms with van der Waals surface area (Å²) in [6.45, 7) is 9.02. The summed E-state index contributed by atoms with van der Waals surface area (Å²) < 4.78 is 0. The largest absolute Gasteiger partial charge is 0.481 e. The molecule has 5 heteroatoms. The van der Waals surface area contributed by atoms with Gasteiger partial charge in [0.05, 0.1) is 12.0 Å². The maximum absolute atomic E-state index is 11.9. The van der Waals surface area contributed by atoms with Crippen LogP contribution < -0.4 is 5.32 Å². The van der Waals surface area contributed by atoms with Crippen LogP contribution in [0.15, 0.2) is 12.7 Å². The van der Waals surface area contributed by atoms with Gasteiger partial charge in [-0.3, -0.25) is 9.59 Å². The quantitative estimate of drug-likeness (QED) is 0.541. The Labute approximate surface area is 108 Å². The molecule has 0 aromatic carbocycles. The molecule has 0 aromatic heterocycles. The molecule has 0 aliphatic carbocycles. The molecule has 1 aliphatic rings. The van der Waals surface area contributed by atoms with Crippen molar-refractivity contribution in [1.82, 2.24) is 10.2 Å². The first-order valence-corrected chi connectivity index (χ1v) is 6.27. The number of carbonyl (C=O) groups is 2. The Morgan fingerprint density at radius 3 is 2.67 bits per heavy atom. The molecule has 1 amide bonds. The highest BCUT2D eigenvalue weighted by atomic mass is 16.4. The highest BCUT2D eigenvalue weighted by Gasteiger charge is 2.48. The van der Waals surface area contributed by atoms with Gasteiger partial charge in [0.1, 0.15) is 0 Å². The highest BCUT2D eigenvalue weighted by Crippen LogP contribution is 2.38. The summed E-state index contributed by atoms with van der Waals surface area (Å²) in [6.07, 6.45) is 2.22. The fourth-order valence-electron chi connectivity index (χ4n) is 2.33. The van der Waals surface area contributed by atoms with Crippen LogP contribution >= 0.6 is 0 Å². The Balaban J connectivity index is 2.61. The van der Waals surface area contributed by atoms with Crippen molar-refractivity contribution in [3.8, 4) is 0 Å². The van der Waals surface area contributed by atoms with Gasteiger partial charge in [-0.15, -0.1) is 6.58 Å². The molecular weight excluding hydrogens is 232 g/mol. The van der Waals surface area contributed by atoms with E-state index in [2.05, 4.69) is 11.9 Å². The number of hydrogen-bond donors (Lipinski definition) is 2. The summed E-state index contributed by atoms with van der Waals surface area (Å²) in [4.78, 5) is 25.0. The Hall–Kier alpha value is -1.36. The number of hydrogen-bond acceptors (Lipinski definition) is 3. The van der Waals surface area contributed by atoms with Crippen LogP contribution in [-0.2, 0) is 9.59 Å². The summed E-state index contributed by atoms with van der Waals surface area (Å²) in [7, 11) is 0. The first kappa shape index (κ1) is 14.7. The molecule has 102 valence electrons. The number of likely N-dealkylation sites (tertiary alicyclic amines) is 1. The summed E-state index contributed by atoms with van der Waals surface area (Å²) >= 11 is 0. The molecule has 2 N–H and O–H groups in total. The van der Waals surface area contributed by atoms with Crippen LogP contribution in [0.3, 0.4) is 0 Å². The first-order chi connectivity index (χ1) is 8.44. The van der Waals surface area contributed by atoms with Crippen molar-refractivity contribution in [2.45, 2.75) is 20.3 Å². The summed E-state index contributed by atoms with van der Waals surface area (Å²) in [5, 5.41) is 12.3. The third-order valence-corrected chi connectivity index (χ3v) is 3.75. The summed E-state index contributed by atoms with van der Waals surface area (Å²) in [5.41, 5.74) is -0.784. The lowest BCUT2D eigenvalue weighted by atomic mass is 9.76. The van der Waals surface area contributed by atoms with Gasteiger partial charge in [-0.1, -0.05) is 19.9 Å². The van der Waals surface area contributed by atoms with Gasteiger partial charge in [0, 0.05) is 19.6 Å². The fourth-order valence-corrected chi connectivity index (χ4v) is 2.33. The molecule has 0 saturated carbocycles. The molecule has 5 nitrogen and oxygen atoms in total. The van der Waals surface area contributed by atoms with Gasteiger partial charge in [-0.05, 0) is 12.3 Å². The Morgan fingerprint density at radius 2 is 2.22 bits per heavy atom. The van der Waals surface area contributed by atoms with Gasteiger partial charge in [0.2, 0.25) is 5.91 Å². The molecular formula is C13H22N2O3. The van der Waals surface area contributed by atoms with E-state index in [4.69, 9.17) is 0 Å². The molecule has 0 aromatic rings. The van der Waals surface area contributed by atoms with Crippen molar-refractivity contribution in [2.75, 3.05) is 26.2 Å². The van der Waals surface area contributed by atoms with Crippen LogP contribution in [0.2, 0.25) is 0 Å². The first-order valence-electron chi connectivity index (χ1n) is 6.27. The number of nitrogens with zero attached hydrogens (tertiary/aromatic N) is 1. The third kappa shape index (κ3) is 2.90. The second-order valence-corrected chi connectivity index (χ2v) is 5.10. The molecule has 1 fully saturated rings. The number of nitrogens with one attached hydrogen (secondary N) is 1. The van der Waals surface area contributed by atoms with Crippen LogP contribution in [0.1, 0.15) is 20.3 Å². The number of amides is 1. The topological polar surface area (TPSA) is 69.6 Å². The molecule has 1 aliphatic heterocycles. The molecule has 0 radical (unpaired) electrons. The molecule has 0 bridgehead atoms. The Kier molecular flexibility index (Phi) is 4.90. The molecule has 1 rings (SSSR count). The van der Waals surface area contributed by atoms with Crippen molar-refractivity contribution >= 4 is 11.9 Å². The van der Waals surface area contributed by atoms with Crippen LogP contribution in [0.4, 0.5) is 0 Å². The van der Waals surface area contributed by atoms with Crippen molar-refractivity contribution in [3.63, 3.8) is 0 Å². The van der Waals surface area contributed by atoms with Crippen LogP contribution in [-0.4, -0.2) is 48.1 Å². The van der Waals surface area contributed by atoms with Gasteiger partial charge in [0.25, 0.3) is 0 Å². The molecule has 18 heavy (non-hydrogen) atoms. The van der Waals surface area contributed by atoms with Gasteiger partial charge in [-0.25, -0.2) is 0 Å². The average molecular weight is 254 g/mol. The standard InChI is InChI=1S/C13H22N2O3/c1-4-6-14-8-11(16)15-7-5-13(9-15,10(2)3)12(17)18/h4,10,14H,1,5-9H2,2-3H3,(H,17,18). The Morgan fingerprint density at radius 1 is 1.56 bits per heavy atom. The van der Waals surface area contributed by atoms with E-state index in [-0.39, 0.29) is 18.4 Å². The van der Waals surface area contributed by atoms with E-state index < -0.39 is 11.4 Å². The predicted molar refractivity (Wildman–Crippen MR) is 69.2 cm³/mol. The van der Waals surface area contributed by atoms with E-state index in [1.807, 2.05) is 13.8 Å². The third-order valence-electron chi connectivity index (χ3n) is 3.75. The zero-order valence-corrected chi connectivity index (χ0v) is 11.1. The van der Waals surface area contributed by atoms with Gasteiger partial charge >= 0.3 is 5.97 Å². The number of rotatable bonds is 6. The number of aliphatic carboxylic acids is 1. The molecule has 0 spiro atoms. The van der Waals surface area contributed by atoms with Gasteiger partial charge in [-0.2, -0.15) is 0 Å². The fraction of sp³-hybridized carbons (Fsp3) is 0.692. The van der Waals surface area contributed by atoms with Crippen molar-refractivity contribution in [1.29, 1.82) is 0 Å². The normalized spacial score (nSPS) is 23.4. The van der Waals surface area contributed by atoms with Gasteiger partial charge in [0.15, 0.2) is 0 Å². The zero-order valence-electron chi connectivity index (χ0n) is 11.1. The van der Waals surface area contributed by atoms with Gasteiger partial charge < -0.3 is 15.3 Å². The smallest absolute Gasteiger partial charge is 0.311 e. The van der Waals surface area contributed by atoms with E-state index >= 15 is 0 Å². The van der Waals surface area contributed by atoms with Crippen LogP contribution in [0.5, 0.6) is 0 Å². The SMILES string of the molecule is C=CCNCC(=O)N1CCC(C(=O)O)(C(C)C)C1. The molecule has 1 unspecified atom stereocenters. The number of carboxylic acid groups (broad SMARTS) is 1. The predicted octanol–water partition coefficient (Wildman–Crippen LogP) is 0.721. The van der Waals surface area contributed by atoms with E-state index in [1.54, 1.807) is 11.0 Å². The van der Waals surface area contributed by atoms with Crippen LogP contribution in [0, 0.1) is 11.3 Å². The second kappa shape index (κ2) is 6.00. The maximum atomic E-state index is 11.9.